The fourth-order valence-corrected chi connectivity index (χ4v) is 1.16. The molecule has 0 aliphatic carbocycles. The Morgan fingerprint density at radius 2 is 1.80 bits per heavy atom. The first-order valence-electron chi connectivity index (χ1n) is 4.55. The van der Waals surface area contributed by atoms with E-state index >= 15 is 0 Å². The number of hydrazine groups is 1. The molecule has 0 bridgehead atoms. The van der Waals surface area contributed by atoms with Crippen LogP contribution in [0.25, 0.3) is 0 Å². The lowest BCUT2D eigenvalue weighted by molar-refractivity contribution is 0.463. The lowest BCUT2D eigenvalue weighted by Gasteiger charge is -2.05. The van der Waals surface area contributed by atoms with Crippen molar-refractivity contribution in [2.45, 2.75) is 0 Å². The lowest BCUT2D eigenvalue weighted by atomic mass is 10.3. The molecule has 4 nitrogen and oxygen atoms in total. The molecular weight excluding hydrogens is 190 g/mol. The van der Waals surface area contributed by atoms with E-state index in [9.17, 15) is 0 Å². The molecule has 0 aliphatic rings. The molecule has 4 heteroatoms. The highest BCUT2D eigenvalue weighted by atomic mass is 16.5. The maximum Gasteiger partial charge on any atom is 0.221 e. The number of hydrogen-bond acceptors (Lipinski definition) is 4. The Hall–Kier alpha value is -2.07. The highest BCUT2D eigenvalue weighted by molar-refractivity contribution is 5.37. The molecule has 2 rings (SSSR count). The monoisotopic (exact) mass is 201 g/mol. The summed E-state index contributed by atoms with van der Waals surface area (Å²) in [4.78, 5) is 4.13. The van der Waals surface area contributed by atoms with Crippen LogP contribution in [0.4, 0.5) is 5.82 Å². The summed E-state index contributed by atoms with van der Waals surface area (Å²) in [6.07, 6.45) is 0. The average molecular weight is 201 g/mol. The molecular formula is C11H11N3O. The van der Waals surface area contributed by atoms with E-state index in [1.54, 1.807) is 12.1 Å². The predicted molar refractivity (Wildman–Crippen MR) is 58.6 cm³/mol. The number of rotatable bonds is 3. The Bertz CT molecular complexity index is 431. The van der Waals surface area contributed by atoms with Crippen molar-refractivity contribution in [3.63, 3.8) is 0 Å². The number of pyridine rings is 1. The fourth-order valence-electron chi connectivity index (χ4n) is 1.16. The van der Waals surface area contributed by atoms with Gasteiger partial charge in [-0.2, -0.15) is 4.98 Å². The number of benzene rings is 1. The molecule has 15 heavy (non-hydrogen) atoms. The third-order valence-electron chi connectivity index (χ3n) is 1.84. The largest absolute Gasteiger partial charge is 0.439 e. The number of hydrogen-bond donors (Lipinski definition) is 2. The maximum atomic E-state index is 5.51. The third-order valence-corrected chi connectivity index (χ3v) is 1.84. The van der Waals surface area contributed by atoms with Gasteiger partial charge in [0.05, 0.1) is 0 Å². The van der Waals surface area contributed by atoms with Crippen LogP contribution in [0, 0.1) is 0 Å². The molecule has 1 aromatic heterocycles. The molecule has 0 amide bonds. The minimum atomic E-state index is 0.511. The Balaban J connectivity index is 2.17. The maximum absolute atomic E-state index is 5.51. The van der Waals surface area contributed by atoms with Crippen molar-refractivity contribution in [3.05, 3.63) is 48.5 Å². The molecule has 0 unspecified atom stereocenters. The molecule has 0 atom stereocenters. The summed E-state index contributed by atoms with van der Waals surface area (Å²) in [6, 6.07) is 14.8. The molecule has 0 saturated heterocycles. The Kier molecular flexibility index (Phi) is 2.80. The number of para-hydroxylation sites is 1. The highest BCUT2D eigenvalue weighted by Gasteiger charge is 1.98. The third kappa shape index (κ3) is 2.45. The van der Waals surface area contributed by atoms with Gasteiger partial charge in [-0.05, 0) is 18.2 Å². The molecule has 0 spiro atoms. The highest BCUT2D eigenvalue weighted by Crippen LogP contribution is 2.19. The van der Waals surface area contributed by atoms with Crippen LogP contribution in [0.5, 0.6) is 11.6 Å². The Morgan fingerprint density at radius 1 is 1.00 bits per heavy atom. The van der Waals surface area contributed by atoms with E-state index in [0.717, 1.165) is 5.75 Å². The lowest BCUT2D eigenvalue weighted by Crippen LogP contribution is -2.08. The van der Waals surface area contributed by atoms with Crippen molar-refractivity contribution in [2.75, 3.05) is 5.43 Å². The summed E-state index contributed by atoms with van der Waals surface area (Å²) in [5.41, 5.74) is 2.46. The summed E-state index contributed by atoms with van der Waals surface area (Å²) in [5.74, 6) is 7.08. The topological polar surface area (TPSA) is 60.2 Å². The van der Waals surface area contributed by atoms with Gasteiger partial charge in [-0.25, -0.2) is 5.84 Å². The van der Waals surface area contributed by atoms with Gasteiger partial charge < -0.3 is 10.2 Å². The second-order valence-corrected chi connectivity index (χ2v) is 2.92. The van der Waals surface area contributed by atoms with E-state index in [1.807, 2.05) is 36.4 Å². The zero-order valence-corrected chi connectivity index (χ0v) is 8.05. The molecule has 0 radical (unpaired) electrons. The van der Waals surface area contributed by atoms with Gasteiger partial charge in [0.1, 0.15) is 11.6 Å². The van der Waals surface area contributed by atoms with Crippen molar-refractivity contribution >= 4 is 5.82 Å². The molecule has 0 saturated carbocycles. The van der Waals surface area contributed by atoms with Gasteiger partial charge in [-0.1, -0.05) is 24.3 Å². The first-order valence-corrected chi connectivity index (χ1v) is 4.55. The molecule has 3 N–H and O–H groups in total. The quantitative estimate of drug-likeness (QED) is 0.590. The van der Waals surface area contributed by atoms with Crippen LogP contribution in [0.2, 0.25) is 0 Å². The van der Waals surface area contributed by atoms with Gasteiger partial charge in [-0.15, -0.1) is 0 Å². The summed E-state index contributed by atoms with van der Waals surface area (Å²) in [7, 11) is 0. The van der Waals surface area contributed by atoms with E-state index in [4.69, 9.17) is 10.6 Å². The van der Waals surface area contributed by atoms with Crippen molar-refractivity contribution < 1.29 is 4.74 Å². The number of ether oxygens (including phenoxy) is 1. The number of nitrogens with two attached hydrogens (primary N) is 1. The van der Waals surface area contributed by atoms with Crippen LogP contribution in [0.15, 0.2) is 48.5 Å². The van der Waals surface area contributed by atoms with Crippen molar-refractivity contribution in [2.24, 2.45) is 5.84 Å². The van der Waals surface area contributed by atoms with E-state index in [-0.39, 0.29) is 0 Å². The average Bonchev–Trinajstić information content (AvgIpc) is 2.31. The van der Waals surface area contributed by atoms with E-state index in [1.165, 1.54) is 0 Å². The van der Waals surface area contributed by atoms with E-state index in [2.05, 4.69) is 10.4 Å². The van der Waals surface area contributed by atoms with E-state index < -0.39 is 0 Å². The van der Waals surface area contributed by atoms with Crippen LogP contribution >= 0.6 is 0 Å². The standard InChI is InChI=1S/C11H11N3O/c12-14-10-7-4-8-11(13-10)15-9-5-2-1-3-6-9/h1-8H,12H2,(H,13,14). The number of nitrogens with zero attached hydrogens (tertiary/aromatic N) is 1. The van der Waals surface area contributed by atoms with Crippen molar-refractivity contribution in [3.8, 4) is 11.6 Å². The zero-order valence-electron chi connectivity index (χ0n) is 8.05. The molecule has 2 aromatic rings. The van der Waals surface area contributed by atoms with Crippen LogP contribution in [-0.2, 0) is 0 Å². The smallest absolute Gasteiger partial charge is 0.221 e. The summed E-state index contributed by atoms with van der Waals surface area (Å²) in [6.45, 7) is 0. The van der Waals surface area contributed by atoms with Crippen LogP contribution in [0.1, 0.15) is 0 Å². The minimum absolute atomic E-state index is 0.511. The summed E-state index contributed by atoms with van der Waals surface area (Å²) >= 11 is 0. The Labute approximate surface area is 87.7 Å². The molecule has 0 aliphatic heterocycles. The van der Waals surface area contributed by atoms with Crippen molar-refractivity contribution in [1.82, 2.24) is 4.98 Å². The summed E-state index contributed by atoms with van der Waals surface area (Å²) in [5, 5.41) is 0. The second-order valence-electron chi connectivity index (χ2n) is 2.92. The van der Waals surface area contributed by atoms with Crippen LogP contribution in [0.3, 0.4) is 0 Å². The van der Waals surface area contributed by atoms with Gasteiger partial charge in [0, 0.05) is 6.07 Å². The summed E-state index contributed by atoms with van der Waals surface area (Å²) < 4.78 is 5.51. The minimum Gasteiger partial charge on any atom is -0.439 e. The molecule has 1 aromatic carbocycles. The first-order chi connectivity index (χ1) is 7.38. The number of aromatic nitrogens is 1. The molecule has 1 heterocycles. The number of anilines is 1. The Morgan fingerprint density at radius 3 is 2.53 bits per heavy atom. The van der Waals surface area contributed by atoms with Crippen LogP contribution in [-0.4, -0.2) is 4.98 Å². The van der Waals surface area contributed by atoms with E-state index in [0.29, 0.717) is 11.7 Å². The fraction of sp³-hybridized carbons (Fsp3) is 0. The van der Waals surface area contributed by atoms with Gasteiger partial charge in [0.25, 0.3) is 0 Å². The molecule has 76 valence electrons. The van der Waals surface area contributed by atoms with Gasteiger partial charge in [0.15, 0.2) is 0 Å². The molecule has 0 fully saturated rings. The zero-order chi connectivity index (χ0) is 10.5. The van der Waals surface area contributed by atoms with Crippen LogP contribution < -0.4 is 16.0 Å². The normalized spacial score (nSPS) is 9.67. The van der Waals surface area contributed by atoms with Gasteiger partial charge in [-0.3, -0.25) is 0 Å². The SMILES string of the molecule is NNc1cccc(Oc2ccccc2)n1. The number of nitrogen functional groups attached to an aromatic ring is 1. The van der Waals surface area contributed by atoms with Gasteiger partial charge in [0.2, 0.25) is 5.88 Å². The number of nitrogens with one attached hydrogen (secondary N) is 1. The van der Waals surface area contributed by atoms with Gasteiger partial charge >= 0.3 is 0 Å². The van der Waals surface area contributed by atoms with Crippen molar-refractivity contribution in [1.29, 1.82) is 0 Å². The predicted octanol–water partition coefficient (Wildman–Crippen LogP) is 2.16. The second kappa shape index (κ2) is 4.43. The first kappa shape index (κ1) is 9.48.